The first kappa shape index (κ1) is 18.0. The van der Waals surface area contributed by atoms with Gasteiger partial charge < -0.3 is 10.6 Å². The first-order valence-corrected chi connectivity index (χ1v) is 7.72. The van der Waals surface area contributed by atoms with Crippen LogP contribution < -0.4 is 10.6 Å². The van der Waals surface area contributed by atoms with E-state index in [1.54, 1.807) is 0 Å². The van der Waals surface area contributed by atoms with Gasteiger partial charge in [-0.3, -0.25) is 4.79 Å². The van der Waals surface area contributed by atoms with Gasteiger partial charge in [0.05, 0.1) is 5.92 Å². The zero-order valence-corrected chi connectivity index (χ0v) is 13.8. The molecule has 2 N–H and O–H groups in total. The molecule has 1 aromatic rings. The Labute approximate surface area is 134 Å². The van der Waals surface area contributed by atoms with E-state index in [-0.39, 0.29) is 24.2 Å². The predicted octanol–water partition coefficient (Wildman–Crippen LogP) is 2.96. The molecule has 118 valence electrons. The molecule has 1 saturated heterocycles. The Morgan fingerprint density at radius 3 is 2.62 bits per heavy atom. The molecule has 1 aromatic carbocycles. The zero-order chi connectivity index (χ0) is 14.4. The summed E-state index contributed by atoms with van der Waals surface area (Å²) >= 11 is 0. The van der Waals surface area contributed by atoms with Crippen LogP contribution in [-0.4, -0.2) is 25.5 Å². The zero-order valence-electron chi connectivity index (χ0n) is 13.0. The van der Waals surface area contributed by atoms with Crippen molar-refractivity contribution in [3.63, 3.8) is 0 Å². The van der Waals surface area contributed by atoms with Gasteiger partial charge in [-0.1, -0.05) is 44.2 Å². The van der Waals surface area contributed by atoms with Gasteiger partial charge in [0.25, 0.3) is 0 Å². The summed E-state index contributed by atoms with van der Waals surface area (Å²) in [5.74, 6) is 1.00. The maximum Gasteiger partial charge on any atom is 0.227 e. The Bertz CT molecular complexity index is 416. The van der Waals surface area contributed by atoms with Crippen molar-refractivity contribution in [2.45, 2.75) is 32.6 Å². The third kappa shape index (κ3) is 5.33. The maximum absolute atomic E-state index is 12.5. The molecule has 1 fully saturated rings. The van der Waals surface area contributed by atoms with E-state index in [2.05, 4.69) is 24.5 Å². The van der Waals surface area contributed by atoms with Crippen LogP contribution in [-0.2, 0) is 4.79 Å². The van der Waals surface area contributed by atoms with Crippen molar-refractivity contribution in [2.75, 3.05) is 19.6 Å². The molecule has 2 unspecified atom stereocenters. The SMILES string of the molecule is CC(C)C(C(=O)NCC1CCCNC1)c1ccccc1.Cl. The van der Waals surface area contributed by atoms with Crippen LogP contribution in [0.3, 0.4) is 0 Å². The van der Waals surface area contributed by atoms with E-state index in [0.717, 1.165) is 25.2 Å². The second-order valence-corrected chi connectivity index (χ2v) is 6.09. The van der Waals surface area contributed by atoms with Crippen LogP contribution >= 0.6 is 12.4 Å². The molecule has 0 aromatic heterocycles. The molecule has 3 nitrogen and oxygen atoms in total. The fourth-order valence-corrected chi connectivity index (χ4v) is 2.95. The first-order valence-electron chi connectivity index (χ1n) is 7.72. The number of halogens is 1. The number of hydrogen-bond donors (Lipinski definition) is 2. The van der Waals surface area contributed by atoms with Gasteiger partial charge in [-0.05, 0) is 43.3 Å². The second-order valence-electron chi connectivity index (χ2n) is 6.09. The number of rotatable bonds is 5. The van der Waals surface area contributed by atoms with E-state index in [1.807, 2.05) is 30.3 Å². The Hall–Kier alpha value is -1.06. The minimum absolute atomic E-state index is 0. The van der Waals surface area contributed by atoms with Crippen LogP contribution in [0.5, 0.6) is 0 Å². The molecule has 1 aliphatic rings. The summed E-state index contributed by atoms with van der Waals surface area (Å²) in [4.78, 5) is 12.5. The lowest BCUT2D eigenvalue weighted by Gasteiger charge is -2.25. The number of carbonyl (C=O) groups excluding carboxylic acids is 1. The Morgan fingerprint density at radius 2 is 2.05 bits per heavy atom. The van der Waals surface area contributed by atoms with Gasteiger partial charge in [-0.15, -0.1) is 12.4 Å². The van der Waals surface area contributed by atoms with Crippen molar-refractivity contribution in [3.8, 4) is 0 Å². The number of carbonyl (C=O) groups is 1. The van der Waals surface area contributed by atoms with Gasteiger partial charge in [0.1, 0.15) is 0 Å². The maximum atomic E-state index is 12.5. The molecular weight excluding hydrogens is 284 g/mol. The van der Waals surface area contributed by atoms with Crippen LogP contribution in [0, 0.1) is 11.8 Å². The fraction of sp³-hybridized carbons (Fsp3) is 0.588. The van der Waals surface area contributed by atoms with Gasteiger partial charge in [-0.25, -0.2) is 0 Å². The lowest BCUT2D eigenvalue weighted by Crippen LogP contribution is -2.40. The van der Waals surface area contributed by atoms with Crippen molar-refractivity contribution in [2.24, 2.45) is 11.8 Å². The van der Waals surface area contributed by atoms with Crippen molar-refractivity contribution >= 4 is 18.3 Å². The van der Waals surface area contributed by atoms with Gasteiger partial charge in [0.2, 0.25) is 5.91 Å². The molecule has 0 saturated carbocycles. The molecule has 0 bridgehead atoms. The Kier molecular flexibility index (Phi) is 7.76. The van der Waals surface area contributed by atoms with Crippen LogP contribution in [0.25, 0.3) is 0 Å². The van der Waals surface area contributed by atoms with Crippen molar-refractivity contribution in [1.29, 1.82) is 0 Å². The van der Waals surface area contributed by atoms with Crippen molar-refractivity contribution < 1.29 is 4.79 Å². The minimum Gasteiger partial charge on any atom is -0.355 e. The molecule has 0 aliphatic carbocycles. The summed E-state index contributed by atoms with van der Waals surface area (Å²) in [5.41, 5.74) is 1.11. The summed E-state index contributed by atoms with van der Waals surface area (Å²) in [5, 5.41) is 6.54. The molecular formula is C17H27ClN2O. The quantitative estimate of drug-likeness (QED) is 0.878. The number of benzene rings is 1. The molecule has 1 amide bonds. The highest BCUT2D eigenvalue weighted by Gasteiger charge is 2.24. The molecule has 1 aliphatic heterocycles. The first-order chi connectivity index (χ1) is 9.68. The lowest BCUT2D eigenvalue weighted by atomic mass is 9.87. The number of piperidine rings is 1. The topological polar surface area (TPSA) is 41.1 Å². The highest BCUT2D eigenvalue weighted by atomic mass is 35.5. The van der Waals surface area contributed by atoms with Gasteiger partial charge in [0, 0.05) is 6.54 Å². The summed E-state index contributed by atoms with van der Waals surface area (Å²) in [6.07, 6.45) is 2.43. The largest absolute Gasteiger partial charge is 0.355 e. The van der Waals surface area contributed by atoms with Gasteiger partial charge in [0.15, 0.2) is 0 Å². The van der Waals surface area contributed by atoms with E-state index in [4.69, 9.17) is 0 Å². The highest BCUT2D eigenvalue weighted by Crippen LogP contribution is 2.24. The Balaban J connectivity index is 0.00000220. The molecule has 0 spiro atoms. The Morgan fingerprint density at radius 1 is 1.33 bits per heavy atom. The summed E-state index contributed by atoms with van der Waals surface area (Å²) in [6.45, 7) is 7.15. The van der Waals surface area contributed by atoms with E-state index >= 15 is 0 Å². The highest BCUT2D eigenvalue weighted by molar-refractivity contribution is 5.85. The van der Waals surface area contributed by atoms with E-state index in [9.17, 15) is 4.79 Å². The molecule has 2 atom stereocenters. The number of amides is 1. The van der Waals surface area contributed by atoms with Crippen molar-refractivity contribution in [1.82, 2.24) is 10.6 Å². The normalized spacial score (nSPS) is 19.7. The van der Waals surface area contributed by atoms with E-state index in [0.29, 0.717) is 11.8 Å². The monoisotopic (exact) mass is 310 g/mol. The number of nitrogens with one attached hydrogen (secondary N) is 2. The van der Waals surface area contributed by atoms with Crippen LogP contribution in [0.15, 0.2) is 30.3 Å². The fourth-order valence-electron chi connectivity index (χ4n) is 2.95. The summed E-state index contributed by atoms with van der Waals surface area (Å²) in [6, 6.07) is 10.1. The third-order valence-electron chi connectivity index (χ3n) is 4.07. The van der Waals surface area contributed by atoms with Crippen LogP contribution in [0.2, 0.25) is 0 Å². The second kappa shape index (κ2) is 9.06. The summed E-state index contributed by atoms with van der Waals surface area (Å²) in [7, 11) is 0. The van der Waals surface area contributed by atoms with E-state index in [1.165, 1.54) is 12.8 Å². The smallest absolute Gasteiger partial charge is 0.227 e. The third-order valence-corrected chi connectivity index (χ3v) is 4.07. The number of hydrogen-bond acceptors (Lipinski definition) is 2. The van der Waals surface area contributed by atoms with Gasteiger partial charge >= 0.3 is 0 Å². The van der Waals surface area contributed by atoms with Crippen molar-refractivity contribution in [3.05, 3.63) is 35.9 Å². The average molecular weight is 311 g/mol. The minimum atomic E-state index is -0.0484. The molecule has 4 heteroatoms. The van der Waals surface area contributed by atoms with Crippen LogP contribution in [0.4, 0.5) is 0 Å². The molecule has 21 heavy (non-hydrogen) atoms. The average Bonchev–Trinajstić information content (AvgIpc) is 2.47. The molecule has 1 heterocycles. The van der Waals surface area contributed by atoms with E-state index < -0.39 is 0 Å². The summed E-state index contributed by atoms with van der Waals surface area (Å²) < 4.78 is 0. The lowest BCUT2D eigenvalue weighted by molar-refractivity contribution is -0.123. The predicted molar refractivity (Wildman–Crippen MR) is 89.9 cm³/mol. The van der Waals surface area contributed by atoms with Crippen LogP contribution in [0.1, 0.15) is 38.2 Å². The van der Waals surface area contributed by atoms with Gasteiger partial charge in [-0.2, -0.15) is 0 Å². The standard InChI is InChI=1S/C17H26N2O.ClH/c1-13(2)16(15-8-4-3-5-9-15)17(20)19-12-14-7-6-10-18-11-14;/h3-5,8-9,13-14,16,18H,6-7,10-12H2,1-2H3,(H,19,20);1H. The molecule has 0 radical (unpaired) electrons. The molecule has 2 rings (SSSR count).